The van der Waals surface area contributed by atoms with Gasteiger partial charge in [0.1, 0.15) is 0 Å². The Bertz CT molecular complexity index is 248. The third kappa shape index (κ3) is 7.31. The third-order valence-electron chi connectivity index (χ3n) is 4.45. The molecular weight excluding hydrogens is 248 g/mol. The molecule has 0 radical (unpaired) electrons. The summed E-state index contributed by atoms with van der Waals surface area (Å²) in [6, 6.07) is 0. The van der Waals surface area contributed by atoms with Gasteiger partial charge >= 0.3 is 5.97 Å². The lowest BCUT2D eigenvalue weighted by Gasteiger charge is -2.35. The maximum absolute atomic E-state index is 12.2. The lowest BCUT2D eigenvalue weighted by atomic mass is 9.70. The van der Waals surface area contributed by atoms with Crippen LogP contribution in [0, 0.1) is 11.3 Å². The first-order valence-corrected chi connectivity index (χ1v) is 8.57. The van der Waals surface area contributed by atoms with E-state index in [0.717, 1.165) is 12.8 Å². The highest BCUT2D eigenvalue weighted by Crippen LogP contribution is 2.39. The van der Waals surface area contributed by atoms with Crippen molar-refractivity contribution in [3.63, 3.8) is 0 Å². The van der Waals surface area contributed by atoms with Crippen LogP contribution in [-0.4, -0.2) is 12.1 Å². The number of rotatable bonds is 11. The van der Waals surface area contributed by atoms with E-state index in [1.807, 2.05) is 13.8 Å². The Kier molecular flexibility index (Phi) is 9.96. The molecule has 0 fully saturated rings. The number of carbonyl (C=O) groups excluding carboxylic acids is 1. The van der Waals surface area contributed by atoms with Gasteiger partial charge in [0.05, 0.1) is 12.0 Å². The van der Waals surface area contributed by atoms with Crippen molar-refractivity contribution in [1.29, 1.82) is 0 Å². The van der Waals surface area contributed by atoms with Crippen LogP contribution < -0.4 is 0 Å². The predicted octanol–water partition coefficient (Wildman–Crippen LogP) is 5.74. The van der Waals surface area contributed by atoms with Gasteiger partial charge in [-0.05, 0) is 32.1 Å². The van der Waals surface area contributed by atoms with Crippen molar-refractivity contribution in [3.05, 3.63) is 0 Å². The maximum Gasteiger partial charge on any atom is 0.309 e. The van der Waals surface area contributed by atoms with E-state index in [1.54, 1.807) is 0 Å². The van der Waals surface area contributed by atoms with Gasteiger partial charge in [0.25, 0.3) is 0 Å². The molecule has 2 nitrogen and oxygen atoms in total. The summed E-state index contributed by atoms with van der Waals surface area (Å²) in [6.45, 7) is 12.6. The molecule has 20 heavy (non-hydrogen) atoms. The van der Waals surface area contributed by atoms with Crippen molar-refractivity contribution in [3.8, 4) is 0 Å². The summed E-state index contributed by atoms with van der Waals surface area (Å²) in [5, 5.41) is 0. The van der Waals surface area contributed by atoms with Gasteiger partial charge in [0.15, 0.2) is 0 Å². The van der Waals surface area contributed by atoms with Crippen LogP contribution in [0.4, 0.5) is 0 Å². The first-order valence-electron chi connectivity index (χ1n) is 8.57. The van der Waals surface area contributed by atoms with Crippen LogP contribution in [0.2, 0.25) is 0 Å². The van der Waals surface area contributed by atoms with Gasteiger partial charge in [0, 0.05) is 0 Å². The van der Waals surface area contributed by atoms with Gasteiger partial charge in [-0.1, -0.05) is 66.2 Å². The zero-order chi connectivity index (χ0) is 15.6. The topological polar surface area (TPSA) is 26.3 Å². The van der Waals surface area contributed by atoms with Crippen LogP contribution in [0.5, 0.6) is 0 Å². The molecule has 2 heteroatoms. The molecule has 0 aliphatic heterocycles. The lowest BCUT2D eigenvalue weighted by Crippen LogP contribution is -2.34. The molecule has 0 N–H and O–H groups in total. The summed E-state index contributed by atoms with van der Waals surface area (Å²) in [4.78, 5) is 12.2. The standard InChI is InChI=1S/C18H36O2/c1-7-9-11-13-18(6,14-12-10-8-2)16(5)17(19)20-15(3)4/h15-16H,7-14H2,1-6H3/t16-/m0/s1. The van der Waals surface area contributed by atoms with Crippen LogP contribution in [-0.2, 0) is 9.53 Å². The van der Waals surface area contributed by atoms with Gasteiger partial charge in [-0.3, -0.25) is 4.79 Å². The molecule has 0 aromatic rings. The number of hydrogen-bond acceptors (Lipinski definition) is 2. The number of unbranched alkanes of at least 4 members (excludes halogenated alkanes) is 4. The first kappa shape index (κ1) is 19.5. The zero-order valence-electron chi connectivity index (χ0n) is 14.6. The Morgan fingerprint density at radius 1 is 0.950 bits per heavy atom. The van der Waals surface area contributed by atoms with Gasteiger partial charge < -0.3 is 4.74 Å². The highest BCUT2D eigenvalue weighted by atomic mass is 16.5. The van der Waals surface area contributed by atoms with E-state index in [4.69, 9.17) is 4.74 Å². The summed E-state index contributed by atoms with van der Waals surface area (Å²) in [5.41, 5.74) is 0.0936. The number of ether oxygens (including phenoxy) is 1. The van der Waals surface area contributed by atoms with Gasteiger partial charge in [-0.15, -0.1) is 0 Å². The highest BCUT2D eigenvalue weighted by Gasteiger charge is 2.36. The highest BCUT2D eigenvalue weighted by molar-refractivity contribution is 5.73. The van der Waals surface area contributed by atoms with E-state index < -0.39 is 0 Å². The predicted molar refractivity (Wildman–Crippen MR) is 86.8 cm³/mol. The zero-order valence-corrected chi connectivity index (χ0v) is 14.6. The molecule has 0 saturated carbocycles. The summed E-state index contributed by atoms with van der Waals surface area (Å²) in [7, 11) is 0. The second-order valence-corrected chi connectivity index (χ2v) is 6.78. The molecule has 0 rings (SSSR count). The molecular formula is C18H36O2. The van der Waals surface area contributed by atoms with E-state index >= 15 is 0 Å². The van der Waals surface area contributed by atoms with E-state index in [9.17, 15) is 4.79 Å². The fourth-order valence-electron chi connectivity index (χ4n) is 2.73. The Morgan fingerprint density at radius 3 is 1.75 bits per heavy atom. The largest absolute Gasteiger partial charge is 0.463 e. The molecule has 0 unspecified atom stereocenters. The Balaban J connectivity index is 4.65. The van der Waals surface area contributed by atoms with Crippen LogP contribution in [0.3, 0.4) is 0 Å². The number of hydrogen-bond donors (Lipinski definition) is 0. The number of carbonyl (C=O) groups is 1. The summed E-state index contributed by atoms with van der Waals surface area (Å²) < 4.78 is 5.43. The van der Waals surface area contributed by atoms with Gasteiger partial charge in [0.2, 0.25) is 0 Å². The van der Waals surface area contributed by atoms with Crippen molar-refractivity contribution < 1.29 is 9.53 Å². The molecule has 0 bridgehead atoms. The second-order valence-electron chi connectivity index (χ2n) is 6.78. The minimum absolute atomic E-state index is 0.00128. The monoisotopic (exact) mass is 284 g/mol. The van der Waals surface area contributed by atoms with Gasteiger partial charge in [-0.25, -0.2) is 0 Å². The minimum atomic E-state index is -0.0181. The molecule has 0 amide bonds. The summed E-state index contributed by atoms with van der Waals surface area (Å²) in [5.74, 6) is -0.0193. The fraction of sp³-hybridized carbons (Fsp3) is 0.944. The van der Waals surface area contributed by atoms with Crippen molar-refractivity contribution in [2.75, 3.05) is 0 Å². The van der Waals surface area contributed by atoms with Crippen molar-refractivity contribution >= 4 is 5.97 Å². The Hall–Kier alpha value is -0.530. The van der Waals surface area contributed by atoms with E-state index in [1.165, 1.54) is 38.5 Å². The maximum atomic E-state index is 12.2. The average molecular weight is 284 g/mol. The minimum Gasteiger partial charge on any atom is -0.463 e. The van der Waals surface area contributed by atoms with E-state index in [-0.39, 0.29) is 23.4 Å². The Morgan fingerprint density at radius 2 is 1.40 bits per heavy atom. The van der Waals surface area contributed by atoms with E-state index in [0.29, 0.717) is 0 Å². The first-order chi connectivity index (χ1) is 9.37. The molecule has 0 aromatic carbocycles. The smallest absolute Gasteiger partial charge is 0.309 e. The van der Waals surface area contributed by atoms with Crippen molar-refractivity contribution in [2.45, 2.75) is 99.0 Å². The van der Waals surface area contributed by atoms with Crippen LogP contribution in [0.1, 0.15) is 92.9 Å². The normalized spacial score (nSPS) is 13.6. The SMILES string of the molecule is CCCCCC(C)(CCCCC)[C@@H](C)C(=O)OC(C)C. The summed E-state index contributed by atoms with van der Waals surface area (Å²) >= 11 is 0. The quantitative estimate of drug-likeness (QED) is 0.357. The molecule has 0 spiro atoms. The molecule has 0 aromatic heterocycles. The fourth-order valence-corrected chi connectivity index (χ4v) is 2.73. The molecule has 0 heterocycles. The lowest BCUT2D eigenvalue weighted by molar-refractivity contribution is -0.156. The van der Waals surface area contributed by atoms with Crippen LogP contribution in [0.25, 0.3) is 0 Å². The third-order valence-corrected chi connectivity index (χ3v) is 4.45. The van der Waals surface area contributed by atoms with Crippen LogP contribution >= 0.6 is 0 Å². The molecule has 1 atom stereocenters. The van der Waals surface area contributed by atoms with E-state index in [2.05, 4.69) is 27.7 Å². The van der Waals surface area contributed by atoms with Crippen molar-refractivity contribution in [1.82, 2.24) is 0 Å². The number of esters is 1. The molecule has 0 aliphatic carbocycles. The Labute approximate surface area is 126 Å². The molecule has 0 saturated heterocycles. The van der Waals surface area contributed by atoms with Gasteiger partial charge in [-0.2, -0.15) is 0 Å². The van der Waals surface area contributed by atoms with Crippen LogP contribution in [0.15, 0.2) is 0 Å². The average Bonchev–Trinajstić information content (AvgIpc) is 2.37. The second kappa shape index (κ2) is 10.2. The molecule has 120 valence electrons. The summed E-state index contributed by atoms with van der Waals surface area (Å²) in [6.07, 6.45) is 9.69. The van der Waals surface area contributed by atoms with Crippen molar-refractivity contribution in [2.24, 2.45) is 11.3 Å². The molecule has 0 aliphatic rings.